The summed E-state index contributed by atoms with van der Waals surface area (Å²) in [4.78, 5) is 4.02. The van der Waals surface area contributed by atoms with E-state index < -0.39 is 12.6 Å². The molecule has 0 saturated carbocycles. The summed E-state index contributed by atoms with van der Waals surface area (Å²) in [5.41, 5.74) is 0. The summed E-state index contributed by atoms with van der Waals surface area (Å²) >= 11 is 0. The fourth-order valence-corrected chi connectivity index (χ4v) is 1.86. The average Bonchev–Trinajstić information content (AvgIpc) is 2.52. The van der Waals surface area contributed by atoms with Gasteiger partial charge in [0.1, 0.15) is 5.75 Å². The molecule has 1 aromatic rings. The number of aliphatic imine (C=N–C) groups is 1. The van der Waals surface area contributed by atoms with Gasteiger partial charge in [0.2, 0.25) is 0 Å². The molecule has 0 aliphatic rings. The molecule has 1 aromatic carbocycles. The Morgan fingerprint density at radius 1 is 1.04 bits per heavy atom. The summed E-state index contributed by atoms with van der Waals surface area (Å²) in [5.74, 6) is 1.43. The van der Waals surface area contributed by atoms with Crippen molar-refractivity contribution in [2.45, 2.75) is 31.9 Å². The minimum absolute atomic E-state index is 0. The number of halogens is 4. The maximum atomic E-state index is 12.0. The first-order valence-electron chi connectivity index (χ1n) is 7.70. The van der Waals surface area contributed by atoms with Crippen molar-refractivity contribution in [1.82, 2.24) is 10.6 Å². The number of nitrogens with zero attached hydrogens (tertiary/aromatic N) is 1. The van der Waals surface area contributed by atoms with E-state index in [2.05, 4.69) is 15.6 Å². The number of benzene rings is 1. The van der Waals surface area contributed by atoms with Gasteiger partial charge in [-0.15, -0.1) is 24.0 Å². The zero-order valence-electron chi connectivity index (χ0n) is 13.7. The van der Waals surface area contributed by atoms with Gasteiger partial charge in [-0.3, -0.25) is 4.99 Å². The average molecular weight is 459 g/mol. The second kappa shape index (κ2) is 13.1. The van der Waals surface area contributed by atoms with Gasteiger partial charge in [0.05, 0.1) is 6.61 Å². The second-order valence-electron chi connectivity index (χ2n) is 5.01. The van der Waals surface area contributed by atoms with Crippen LogP contribution in [0, 0.1) is 0 Å². The standard InChI is InChI=1S/C16H24F3N3O.HI/c1-20-15(21-11-6-5-10-16(17,18)19)22-12-7-13-23-14-8-3-2-4-9-14;/h2-4,8-9H,5-7,10-13H2,1H3,(H2,20,21,22);1H. The molecule has 138 valence electrons. The lowest BCUT2D eigenvalue weighted by atomic mass is 10.2. The van der Waals surface area contributed by atoms with Crippen molar-refractivity contribution in [1.29, 1.82) is 0 Å². The minimum Gasteiger partial charge on any atom is -0.494 e. The van der Waals surface area contributed by atoms with Crippen LogP contribution in [0.25, 0.3) is 0 Å². The lowest BCUT2D eigenvalue weighted by molar-refractivity contribution is -0.135. The molecule has 0 fully saturated rings. The molecule has 0 radical (unpaired) electrons. The van der Waals surface area contributed by atoms with Gasteiger partial charge >= 0.3 is 6.18 Å². The van der Waals surface area contributed by atoms with Crippen molar-refractivity contribution in [2.24, 2.45) is 4.99 Å². The minimum atomic E-state index is -4.07. The molecular weight excluding hydrogens is 434 g/mol. The Balaban J connectivity index is 0.00000529. The molecular formula is C16H25F3IN3O. The molecule has 0 heterocycles. The maximum absolute atomic E-state index is 12.0. The summed E-state index contributed by atoms with van der Waals surface area (Å²) in [7, 11) is 1.63. The SMILES string of the molecule is CN=C(NCCCCC(F)(F)F)NCCCOc1ccccc1.I. The molecule has 0 aliphatic heterocycles. The molecule has 0 spiro atoms. The highest BCUT2D eigenvalue weighted by Gasteiger charge is 2.25. The third-order valence-electron chi connectivity index (χ3n) is 3.03. The molecule has 0 atom stereocenters. The van der Waals surface area contributed by atoms with Crippen molar-refractivity contribution < 1.29 is 17.9 Å². The first-order chi connectivity index (χ1) is 11.0. The topological polar surface area (TPSA) is 45.7 Å². The van der Waals surface area contributed by atoms with Gasteiger partial charge in [-0.25, -0.2) is 0 Å². The third-order valence-corrected chi connectivity index (χ3v) is 3.03. The van der Waals surface area contributed by atoms with E-state index >= 15 is 0 Å². The molecule has 2 N–H and O–H groups in total. The zero-order valence-corrected chi connectivity index (χ0v) is 16.1. The third kappa shape index (κ3) is 12.3. The Bertz CT molecular complexity index is 456. The van der Waals surface area contributed by atoms with Crippen LogP contribution in [0.3, 0.4) is 0 Å². The van der Waals surface area contributed by atoms with Crippen LogP contribution in [-0.4, -0.2) is 38.9 Å². The van der Waals surface area contributed by atoms with E-state index in [1.165, 1.54) is 0 Å². The van der Waals surface area contributed by atoms with Crippen molar-refractivity contribution in [3.05, 3.63) is 30.3 Å². The molecule has 24 heavy (non-hydrogen) atoms. The van der Waals surface area contributed by atoms with E-state index in [0.29, 0.717) is 32.1 Å². The molecule has 4 nitrogen and oxygen atoms in total. The highest BCUT2D eigenvalue weighted by Crippen LogP contribution is 2.21. The number of ether oxygens (including phenoxy) is 1. The van der Waals surface area contributed by atoms with Gasteiger partial charge < -0.3 is 15.4 Å². The van der Waals surface area contributed by atoms with Crippen LogP contribution < -0.4 is 15.4 Å². The molecule has 0 saturated heterocycles. The Labute approximate surface area is 158 Å². The molecule has 0 bridgehead atoms. The lowest BCUT2D eigenvalue weighted by Crippen LogP contribution is -2.38. The highest BCUT2D eigenvalue weighted by atomic mass is 127. The Morgan fingerprint density at radius 2 is 1.67 bits per heavy atom. The van der Waals surface area contributed by atoms with Crippen LogP contribution >= 0.6 is 24.0 Å². The number of alkyl halides is 3. The number of guanidine groups is 1. The van der Waals surface area contributed by atoms with E-state index in [1.54, 1.807) is 7.05 Å². The van der Waals surface area contributed by atoms with Crippen molar-refractivity contribution >= 4 is 29.9 Å². The normalized spacial score (nSPS) is 11.6. The van der Waals surface area contributed by atoms with Gasteiger partial charge in [-0.1, -0.05) is 18.2 Å². The van der Waals surface area contributed by atoms with Gasteiger partial charge in [-0.2, -0.15) is 13.2 Å². The van der Waals surface area contributed by atoms with Crippen molar-refractivity contribution in [3.8, 4) is 5.75 Å². The molecule has 8 heteroatoms. The van der Waals surface area contributed by atoms with Crippen molar-refractivity contribution in [3.63, 3.8) is 0 Å². The second-order valence-corrected chi connectivity index (χ2v) is 5.01. The van der Waals surface area contributed by atoms with Crippen LogP contribution in [0.2, 0.25) is 0 Å². The quantitative estimate of drug-likeness (QED) is 0.254. The maximum Gasteiger partial charge on any atom is 0.389 e. The van der Waals surface area contributed by atoms with Crippen LogP contribution in [0.4, 0.5) is 13.2 Å². The Morgan fingerprint density at radius 3 is 2.25 bits per heavy atom. The number of rotatable bonds is 9. The fourth-order valence-electron chi connectivity index (χ4n) is 1.86. The van der Waals surface area contributed by atoms with Gasteiger partial charge in [0.15, 0.2) is 5.96 Å². The predicted molar refractivity (Wildman–Crippen MR) is 101 cm³/mol. The summed E-state index contributed by atoms with van der Waals surface area (Å²) in [6.45, 7) is 1.73. The Kier molecular flexibility index (Phi) is 12.5. The number of nitrogens with one attached hydrogen (secondary N) is 2. The molecule has 0 aromatic heterocycles. The van der Waals surface area contributed by atoms with E-state index in [0.717, 1.165) is 12.2 Å². The summed E-state index contributed by atoms with van der Waals surface area (Å²) in [6, 6.07) is 9.55. The lowest BCUT2D eigenvalue weighted by Gasteiger charge is -2.12. The summed E-state index contributed by atoms with van der Waals surface area (Å²) < 4.78 is 41.6. The Hall–Kier alpha value is -1.19. The van der Waals surface area contributed by atoms with E-state index in [-0.39, 0.29) is 30.4 Å². The number of hydrogen-bond acceptors (Lipinski definition) is 2. The summed E-state index contributed by atoms with van der Waals surface area (Å²) in [5, 5.41) is 6.09. The smallest absolute Gasteiger partial charge is 0.389 e. The van der Waals surface area contributed by atoms with E-state index in [9.17, 15) is 13.2 Å². The van der Waals surface area contributed by atoms with E-state index in [1.807, 2.05) is 30.3 Å². The highest BCUT2D eigenvalue weighted by molar-refractivity contribution is 14.0. The molecule has 0 amide bonds. The van der Waals surface area contributed by atoms with Gasteiger partial charge in [0.25, 0.3) is 0 Å². The summed E-state index contributed by atoms with van der Waals surface area (Å²) in [6.07, 6.45) is -3.43. The van der Waals surface area contributed by atoms with Crippen molar-refractivity contribution in [2.75, 3.05) is 26.7 Å². The monoisotopic (exact) mass is 459 g/mol. The number of hydrogen-bond donors (Lipinski definition) is 2. The van der Waals surface area contributed by atoms with Crippen LogP contribution in [0.5, 0.6) is 5.75 Å². The largest absolute Gasteiger partial charge is 0.494 e. The van der Waals surface area contributed by atoms with Gasteiger partial charge in [-0.05, 0) is 31.4 Å². The number of para-hydroxylation sites is 1. The molecule has 1 rings (SSSR count). The molecule has 0 unspecified atom stereocenters. The van der Waals surface area contributed by atoms with Crippen LogP contribution in [-0.2, 0) is 0 Å². The zero-order chi connectivity index (χ0) is 17.0. The number of unbranched alkanes of at least 4 members (excludes halogenated alkanes) is 1. The van der Waals surface area contributed by atoms with Crippen LogP contribution in [0.15, 0.2) is 35.3 Å². The van der Waals surface area contributed by atoms with Gasteiger partial charge in [0, 0.05) is 26.6 Å². The van der Waals surface area contributed by atoms with E-state index in [4.69, 9.17) is 4.74 Å². The predicted octanol–water partition coefficient (Wildman–Crippen LogP) is 3.97. The molecule has 0 aliphatic carbocycles. The fraction of sp³-hybridized carbons (Fsp3) is 0.562. The first kappa shape index (κ1) is 22.8. The first-order valence-corrected chi connectivity index (χ1v) is 7.70. The van der Waals surface area contributed by atoms with Crippen LogP contribution in [0.1, 0.15) is 25.7 Å².